The van der Waals surface area contributed by atoms with Crippen LogP contribution in [0.3, 0.4) is 0 Å². The number of rotatable bonds is 6. The van der Waals surface area contributed by atoms with Crippen LogP contribution in [0, 0.1) is 10.1 Å². The van der Waals surface area contributed by atoms with E-state index in [-0.39, 0.29) is 16.9 Å². The van der Waals surface area contributed by atoms with Gasteiger partial charge in [0.2, 0.25) is 0 Å². The molecule has 0 aliphatic carbocycles. The lowest BCUT2D eigenvalue weighted by molar-refractivity contribution is -0.384. The van der Waals surface area contributed by atoms with E-state index in [2.05, 4.69) is 15.7 Å². The highest BCUT2D eigenvalue weighted by atomic mass is 35.5. The normalized spacial score (nSPS) is 10.5. The van der Waals surface area contributed by atoms with Crippen LogP contribution in [0.4, 0.5) is 17.1 Å². The van der Waals surface area contributed by atoms with Crippen molar-refractivity contribution in [3.05, 3.63) is 99.1 Å². The van der Waals surface area contributed by atoms with Crippen LogP contribution < -0.4 is 16.1 Å². The fraction of sp³-hybridized carbons (Fsp3) is 0. The lowest BCUT2D eigenvalue weighted by Crippen LogP contribution is -2.33. The van der Waals surface area contributed by atoms with Crippen molar-refractivity contribution < 1.29 is 19.3 Å². The number of anilines is 2. The number of non-ortho nitro benzene ring substituents is 1. The lowest BCUT2D eigenvalue weighted by atomic mass is 10.1. The highest BCUT2D eigenvalue weighted by Gasteiger charge is 2.18. The van der Waals surface area contributed by atoms with Crippen molar-refractivity contribution in [1.29, 1.82) is 0 Å². The van der Waals surface area contributed by atoms with Crippen LogP contribution >= 0.6 is 11.6 Å². The van der Waals surface area contributed by atoms with Crippen LogP contribution in [0.5, 0.6) is 0 Å². The smallest absolute Gasteiger partial charge is 0.322 e. The van der Waals surface area contributed by atoms with E-state index < -0.39 is 22.6 Å². The van der Waals surface area contributed by atoms with Gasteiger partial charge in [-0.15, -0.1) is 0 Å². The van der Waals surface area contributed by atoms with E-state index in [1.807, 2.05) is 5.43 Å². The molecule has 0 aliphatic rings. The Morgan fingerprint density at radius 1 is 0.909 bits per heavy atom. The Labute approximate surface area is 192 Å². The van der Waals surface area contributed by atoms with E-state index in [1.54, 1.807) is 36.4 Å². The maximum absolute atomic E-state index is 12.6. The van der Waals surface area contributed by atoms with Crippen molar-refractivity contribution in [2.75, 3.05) is 10.6 Å². The Bertz CT molecular complexity index is 1240. The molecule has 3 rings (SSSR count). The Morgan fingerprint density at radius 3 is 2.36 bits per heavy atom. The monoisotopic (exact) mass is 465 g/mol. The predicted molar refractivity (Wildman–Crippen MR) is 123 cm³/mol. The summed E-state index contributed by atoms with van der Waals surface area (Å²) in [6.07, 6.45) is 1.16. The van der Waals surface area contributed by atoms with Crippen LogP contribution in [-0.4, -0.2) is 28.9 Å². The van der Waals surface area contributed by atoms with Gasteiger partial charge in [-0.1, -0.05) is 35.9 Å². The summed E-state index contributed by atoms with van der Waals surface area (Å²) in [5.74, 6) is -2.65. The molecule has 0 bridgehead atoms. The molecule has 3 amide bonds. The van der Waals surface area contributed by atoms with Gasteiger partial charge in [0.25, 0.3) is 11.6 Å². The van der Waals surface area contributed by atoms with Crippen molar-refractivity contribution in [3.8, 4) is 0 Å². The summed E-state index contributed by atoms with van der Waals surface area (Å²) in [5, 5.41) is 20.0. The molecule has 0 fully saturated rings. The number of halogens is 1. The van der Waals surface area contributed by atoms with Crippen molar-refractivity contribution in [2.45, 2.75) is 0 Å². The molecule has 0 spiro atoms. The van der Waals surface area contributed by atoms with Gasteiger partial charge in [0.05, 0.1) is 22.4 Å². The van der Waals surface area contributed by atoms with Gasteiger partial charge in [0.15, 0.2) is 0 Å². The SMILES string of the molecule is O=C(NN=Cc1cccc([N+](=O)[O-])c1)C(=O)Nc1ccccc1C(=O)Nc1ccc(Cl)cc1. The summed E-state index contributed by atoms with van der Waals surface area (Å²) in [4.78, 5) is 47.1. The third kappa shape index (κ3) is 6.45. The van der Waals surface area contributed by atoms with Crippen LogP contribution in [0.2, 0.25) is 5.02 Å². The maximum atomic E-state index is 12.6. The van der Waals surface area contributed by atoms with Crippen LogP contribution in [0.1, 0.15) is 15.9 Å². The second-order valence-electron chi connectivity index (χ2n) is 6.51. The highest BCUT2D eigenvalue weighted by molar-refractivity contribution is 6.40. The topological polar surface area (TPSA) is 143 Å². The fourth-order valence-electron chi connectivity index (χ4n) is 2.64. The zero-order valence-electron chi connectivity index (χ0n) is 16.8. The minimum absolute atomic E-state index is 0.117. The Morgan fingerprint density at radius 2 is 1.64 bits per heavy atom. The standard InChI is InChI=1S/C22H16ClN5O5/c23-15-8-10-16(11-9-15)25-20(29)18-6-1-2-7-19(18)26-21(30)22(31)27-24-13-14-4-3-5-17(12-14)28(32)33/h1-13H,(H,25,29)(H,26,30)(H,27,31). The Hall–Kier alpha value is -4.57. The number of nitrogens with one attached hydrogen (secondary N) is 3. The molecule has 3 aromatic rings. The number of carbonyl (C=O) groups is 3. The first-order chi connectivity index (χ1) is 15.8. The molecule has 0 aliphatic heterocycles. The number of hydrazone groups is 1. The highest BCUT2D eigenvalue weighted by Crippen LogP contribution is 2.19. The van der Waals surface area contributed by atoms with Gasteiger partial charge in [-0.2, -0.15) is 5.10 Å². The molecule has 0 aromatic heterocycles. The summed E-state index contributed by atoms with van der Waals surface area (Å²) >= 11 is 5.83. The second kappa shape index (κ2) is 10.6. The molecule has 3 N–H and O–H groups in total. The quantitative estimate of drug-likeness (QED) is 0.220. The minimum atomic E-state index is -1.09. The molecule has 0 saturated carbocycles. The average Bonchev–Trinajstić information content (AvgIpc) is 2.81. The fourth-order valence-corrected chi connectivity index (χ4v) is 2.76. The van der Waals surface area contributed by atoms with E-state index >= 15 is 0 Å². The lowest BCUT2D eigenvalue weighted by Gasteiger charge is -2.11. The number of benzene rings is 3. The third-order valence-corrected chi connectivity index (χ3v) is 4.44. The summed E-state index contributed by atoms with van der Waals surface area (Å²) in [7, 11) is 0. The molecular formula is C22H16ClN5O5. The van der Waals surface area contributed by atoms with Gasteiger partial charge in [-0.3, -0.25) is 24.5 Å². The first-order valence-electron chi connectivity index (χ1n) is 9.38. The number of para-hydroxylation sites is 1. The van der Waals surface area contributed by atoms with Gasteiger partial charge in [-0.25, -0.2) is 5.43 Å². The molecule has 0 radical (unpaired) electrons. The Balaban J connectivity index is 1.63. The first kappa shape index (κ1) is 23.1. The molecule has 33 heavy (non-hydrogen) atoms. The van der Waals surface area contributed by atoms with E-state index in [0.717, 1.165) is 6.21 Å². The maximum Gasteiger partial charge on any atom is 0.329 e. The van der Waals surface area contributed by atoms with Crippen molar-refractivity contribution >= 4 is 52.6 Å². The van der Waals surface area contributed by atoms with Crippen molar-refractivity contribution in [3.63, 3.8) is 0 Å². The molecule has 0 saturated heterocycles. The minimum Gasteiger partial charge on any atom is -0.322 e. The number of nitrogens with zero attached hydrogens (tertiary/aromatic N) is 2. The summed E-state index contributed by atoms with van der Waals surface area (Å²) in [6, 6.07) is 18.2. The molecule has 10 nitrogen and oxygen atoms in total. The number of hydrogen-bond donors (Lipinski definition) is 3. The molecule has 166 valence electrons. The van der Waals surface area contributed by atoms with Gasteiger partial charge in [0, 0.05) is 28.4 Å². The molecule has 0 atom stereocenters. The Kier molecular flexibility index (Phi) is 7.45. The second-order valence-corrected chi connectivity index (χ2v) is 6.95. The van der Waals surface area contributed by atoms with E-state index in [9.17, 15) is 24.5 Å². The van der Waals surface area contributed by atoms with Gasteiger partial charge in [0.1, 0.15) is 0 Å². The predicted octanol–water partition coefficient (Wildman–Crippen LogP) is 3.59. The van der Waals surface area contributed by atoms with Crippen molar-refractivity contribution in [1.82, 2.24) is 5.43 Å². The summed E-state index contributed by atoms with van der Waals surface area (Å²) in [6.45, 7) is 0. The molecule has 0 heterocycles. The van der Waals surface area contributed by atoms with Gasteiger partial charge < -0.3 is 10.6 Å². The number of amides is 3. The summed E-state index contributed by atoms with van der Waals surface area (Å²) < 4.78 is 0. The number of nitro groups is 1. The molecule has 3 aromatic carbocycles. The molecular weight excluding hydrogens is 450 g/mol. The van der Waals surface area contributed by atoms with Gasteiger partial charge in [-0.05, 0) is 36.4 Å². The van der Waals surface area contributed by atoms with E-state index in [1.165, 1.54) is 36.4 Å². The third-order valence-electron chi connectivity index (χ3n) is 4.19. The number of carbonyl (C=O) groups excluding carboxylic acids is 3. The molecule has 11 heteroatoms. The zero-order valence-corrected chi connectivity index (χ0v) is 17.6. The average molecular weight is 466 g/mol. The first-order valence-corrected chi connectivity index (χ1v) is 9.76. The largest absolute Gasteiger partial charge is 0.329 e. The summed E-state index contributed by atoms with van der Waals surface area (Å²) in [5.41, 5.74) is 2.99. The van der Waals surface area contributed by atoms with Crippen LogP contribution in [-0.2, 0) is 9.59 Å². The zero-order chi connectivity index (χ0) is 23.8. The van der Waals surface area contributed by atoms with Crippen molar-refractivity contribution in [2.24, 2.45) is 5.10 Å². The number of nitro benzene ring substituents is 1. The van der Waals surface area contributed by atoms with E-state index in [4.69, 9.17) is 11.6 Å². The number of hydrogen-bond acceptors (Lipinski definition) is 6. The van der Waals surface area contributed by atoms with Gasteiger partial charge >= 0.3 is 11.8 Å². The molecule has 0 unspecified atom stereocenters. The van der Waals surface area contributed by atoms with Crippen LogP contribution in [0.15, 0.2) is 77.9 Å². The van der Waals surface area contributed by atoms with E-state index in [0.29, 0.717) is 16.3 Å². The van der Waals surface area contributed by atoms with Crippen LogP contribution in [0.25, 0.3) is 0 Å².